The van der Waals surface area contributed by atoms with Gasteiger partial charge in [-0.2, -0.15) is 0 Å². The van der Waals surface area contributed by atoms with Crippen molar-refractivity contribution in [3.05, 3.63) is 237 Å². The van der Waals surface area contributed by atoms with E-state index in [9.17, 15) is 0 Å². The van der Waals surface area contributed by atoms with Gasteiger partial charge in [0.05, 0.1) is 11.0 Å². The second-order valence-corrected chi connectivity index (χ2v) is 16.6. The van der Waals surface area contributed by atoms with Crippen molar-refractivity contribution < 1.29 is 0 Å². The van der Waals surface area contributed by atoms with E-state index in [1.165, 1.54) is 120 Å². The Balaban J connectivity index is 1.25. The molecular formula is C62H39N. The van der Waals surface area contributed by atoms with Crippen LogP contribution in [-0.2, 0) is 0 Å². The van der Waals surface area contributed by atoms with Gasteiger partial charge in [-0.1, -0.05) is 212 Å². The summed E-state index contributed by atoms with van der Waals surface area (Å²) in [5, 5.41) is 15.1. The molecule has 0 radical (unpaired) electrons. The van der Waals surface area contributed by atoms with Crippen LogP contribution in [0.1, 0.15) is 0 Å². The van der Waals surface area contributed by atoms with E-state index in [1.807, 2.05) is 0 Å². The minimum Gasteiger partial charge on any atom is -0.309 e. The van der Waals surface area contributed by atoms with Gasteiger partial charge < -0.3 is 4.57 Å². The first-order chi connectivity index (χ1) is 31.3. The average Bonchev–Trinajstić information content (AvgIpc) is 3.69. The standard InChI is InChI=1S/C62H39N/c1-4-21-40(22-5-1)54-39-56-61(52-35-18-19-38-55(52)63(56)42-25-8-3-9-26-42)57(41-23-6-2-7-24-41)62(54)60-50-33-16-14-31-48(50)59(49-32-15-17-34-51(49)60)53-37-20-36-47-45-28-11-10-27-43(45)44-29-12-13-30-46(44)58(47)53/h1-39H. The fourth-order valence-electron chi connectivity index (χ4n) is 10.8. The third kappa shape index (κ3) is 5.30. The van der Waals surface area contributed by atoms with Crippen LogP contribution in [0, 0.1) is 0 Å². The number of hydrogen-bond acceptors (Lipinski definition) is 0. The molecule has 0 spiro atoms. The van der Waals surface area contributed by atoms with Crippen LogP contribution in [0.15, 0.2) is 237 Å². The zero-order chi connectivity index (χ0) is 41.4. The lowest BCUT2D eigenvalue weighted by atomic mass is 9.79. The summed E-state index contributed by atoms with van der Waals surface area (Å²) in [6, 6.07) is 87.4. The largest absolute Gasteiger partial charge is 0.309 e. The molecule has 0 atom stereocenters. The molecule has 63 heavy (non-hydrogen) atoms. The summed E-state index contributed by atoms with van der Waals surface area (Å²) in [7, 11) is 0. The van der Waals surface area contributed by atoms with Crippen LogP contribution < -0.4 is 0 Å². The SMILES string of the molecule is c1ccc(-c2cc3c(c(-c4ccccc4)c2-c2c4ccccc4c(-c4cccc5c6ccccc6c6ccccc6c45)c4ccccc24)c2ccccc2n3-c2ccccc2)cc1. The molecule has 0 saturated carbocycles. The lowest BCUT2D eigenvalue weighted by Gasteiger charge is -2.24. The van der Waals surface area contributed by atoms with E-state index in [4.69, 9.17) is 0 Å². The Kier molecular flexibility index (Phi) is 7.98. The smallest absolute Gasteiger partial charge is 0.0553 e. The fraction of sp³-hybridized carbons (Fsp3) is 0. The van der Waals surface area contributed by atoms with E-state index >= 15 is 0 Å². The number of aromatic nitrogens is 1. The van der Waals surface area contributed by atoms with E-state index in [1.54, 1.807) is 0 Å². The highest BCUT2D eigenvalue weighted by atomic mass is 15.0. The first kappa shape index (κ1) is 35.5. The van der Waals surface area contributed by atoms with Crippen LogP contribution in [0.3, 0.4) is 0 Å². The number of fused-ring (bicyclic) bond motifs is 11. The van der Waals surface area contributed by atoms with Gasteiger partial charge in [0.1, 0.15) is 0 Å². The maximum absolute atomic E-state index is 2.47. The van der Waals surface area contributed by atoms with Crippen LogP contribution in [-0.4, -0.2) is 4.57 Å². The molecule has 0 amide bonds. The summed E-state index contributed by atoms with van der Waals surface area (Å²) in [5.74, 6) is 0. The van der Waals surface area contributed by atoms with Gasteiger partial charge >= 0.3 is 0 Å². The maximum Gasteiger partial charge on any atom is 0.0553 e. The molecule has 292 valence electrons. The normalized spacial score (nSPS) is 11.8. The minimum absolute atomic E-state index is 1.14. The van der Waals surface area contributed by atoms with Gasteiger partial charge in [0.15, 0.2) is 0 Å². The summed E-state index contributed by atoms with van der Waals surface area (Å²) in [6.07, 6.45) is 0. The molecule has 1 heteroatoms. The molecule has 0 N–H and O–H groups in total. The topological polar surface area (TPSA) is 4.93 Å². The molecule has 0 aliphatic heterocycles. The van der Waals surface area contributed by atoms with Crippen LogP contribution in [0.2, 0.25) is 0 Å². The van der Waals surface area contributed by atoms with Crippen LogP contribution in [0.4, 0.5) is 0 Å². The molecule has 12 aromatic carbocycles. The summed E-state index contributed by atoms with van der Waals surface area (Å²) >= 11 is 0. The predicted molar refractivity (Wildman–Crippen MR) is 270 cm³/mol. The van der Waals surface area contributed by atoms with Crippen LogP contribution >= 0.6 is 0 Å². The van der Waals surface area contributed by atoms with Crippen molar-refractivity contribution >= 4 is 75.7 Å². The quantitative estimate of drug-likeness (QED) is 0.121. The lowest BCUT2D eigenvalue weighted by Crippen LogP contribution is -1.98. The highest BCUT2D eigenvalue weighted by molar-refractivity contribution is 6.33. The van der Waals surface area contributed by atoms with Crippen LogP contribution in [0.5, 0.6) is 0 Å². The first-order valence-corrected chi connectivity index (χ1v) is 21.9. The Morgan fingerprint density at radius 3 is 1.24 bits per heavy atom. The summed E-state index contributed by atoms with van der Waals surface area (Å²) in [4.78, 5) is 0. The van der Waals surface area contributed by atoms with Gasteiger partial charge in [0.25, 0.3) is 0 Å². The van der Waals surface area contributed by atoms with Crippen molar-refractivity contribution in [3.63, 3.8) is 0 Å². The van der Waals surface area contributed by atoms with Gasteiger partial charge in [0, 0.05) is 22.0 Å². The molecule has 1 nitrogen and oxygen atoms in total. The third-order valence-electron chi connectivity index (χ3n) is 13.3. The first-order valence-electron chi connectivity index (χ1n) is 21.9. The van der Waals surface area contributed by atoms with Crippen molar-refractivity contribution in [3.8, 4) is 50.2 Å². The van der Waals surface area contributed by atoms with Gasteiger partial charge in [-0.05, 0) is 117 Å². The molecular weight excluding hydrogens is 759 g/mol. The van der Waals surface area contributed by atoms with Crippen molar-refractivity contribution in [1.29, 1.82) is 0 Å². The van der Waals surface area contributed by atoms with Crippen LogP contribution in [0.25, 0.3) is 126 Å². The minimum atomic E-state index is 1.14. The number of hydrogen-bond donors (Lipinski definition) is 0. The van der Waals surface area contributed by atoms with Gasteiger partial charge in [-0.15, -0.1) is 0 Å². The molecule has 1 heterocycles. The molecule has 1 aromatic heterocycles. The molecule has 13 rings (SSSR count). The highest BCUT2D eigenvalue weighted by Crippen LogP contribution is 2.54. The van der Waals surface area contributed by atoms with E-state index in [-0.39, 0.29) is 0 Å². The Morgan fingerprint density at radius 2 is 0.651 bits per heavy atom. The van der Waals surface area contributed by atoms with Crippen molar-refractivity contribution in [2.75, 3.05) is 0 Å². The fourth-order valence-corrected chi connectivity index (χ4v) is 10.8. The molecule has 0 aliphatic carbocycles. The van der Waals surface area contributed by atoms with Crippen molar-refractivity contribution in [1.82, 2.24) is 4.57 Å². The summed E-state index contributed by atoms with van der Waals surface area (Å²) < 4.78 is 2.46. The Bertz CT molecular complexity index is 3830. The second kappa shape index (κ2) is 14.2. The van der Waals surface area contributed by atoms with Gasteiger partial charge in [0.2, 0.25) is 0 Å². The van der Waals surface area contributed by atoms with Gasteiger partial charge in [-0.25, -0.2) is 0 Å². The zero-order valence-corrected chi connectivity index (χ0v) is 34.5. The monoisotopic (exact) mass is 797 g/mol. The molecule has 0 aliphatic rings. The molecule has 13 aromatic rings. The molecule has 0 saturated heterocycles. The summed E-state index contributed by atoms with van der Waals surface area (Å²) in [6.45, 7) is 0. The Morgan fingerprint density at radius 1 is 0.222 bits per heavy atom. The van der Waals surface area contributed by atoms with E-state index < -0.39 is 0 Å². The average molecular weight is 798 g/mol. The molecule has 0 bridgehead atoms. The third-order valence-corrected chi connectivity index (χ3v) is 13.3. The Hall–Kier alpha value is -8.26. The Labute approximate surface area is 365 Å². The number of rotatable bonds is 5. The van der Waals surface area contributed by atoms with E-state index in [2.05, 4.69) is 241 Å². The zero-order valence-electron chi connectivity index (χ0n) is 34.5. The van der Waals surface area contributed by atoms with E-state index in [0.717, 1.165) is 5.69 Å². The second-order valence-electron chi connectivity index (χ2n) is 16.6. The number of para-hydroxylation sites is 2. The predicted octanol–water partition coefficient (Wildman–Crippen LogP) is 17.2. The maximum atomic E-state index is 2.47. The number of nitrogens with zero attached hydrogens (tertiary/aromatic N) is 1. The lowest BCUT2D eigenvalue weighted by molar-refractivity contribution is 1.18. The molecule has 0 fully saturated rings. The van der Waals surface area contributed by atoms with Crippen molar-refractivity contribution in [2.24, 2.45) is 0 Å². The number of benzene rings is 12. The van der Waals surface area contributed by atoms with Crippen molar-refractivity contribution in [2.45, 2.75) is 0 Å². The highest BCUT2D eigenvalue weighted by Gasteiger charge is 2.27. The molecule has 0 unspecified atom stereocenters. The summed E-state index contributed by atoms with van der Waals surface area (Å²) in [5.41, 5.74) is 13.3. The van der Waals surface area contributed by atoms with Gasteiger partial charge in [-0.3, -0.25) is 0 Å². The van der Waals surface area contributed by atoms with E-state index in [0.29, 0.717) is 0 Å².